The van der Waals surface area contributed by atoms with Crippen molar-refractivity contribution in [2.45, 2.75) is 26.2 Å². The van der Waals surface area contributed by atoms with Crippen LogP contribution in [0.25, 0.3) is 0 Å². The van der Waals surface area contributed by atoms with E-state index in [0.717, 1.165) is 6.42 Å². The lowest BCUT2D eigenvalue weighted by Crippen LogP contribution is -2.40. The summed E-state index contributed by atoms with van der Waals surface area (Å²) in [6.07, 6.45) is 2.07. The largest absolute Gasteiger partial charge is 0.305 e. The highest BCUT2D eigenvalue weighted by atomic mass is 32.2. The first-order valence-electron chi connectivity index (χ1n) is 5.20. The average Bonchev–Trinajstić information content (AvgIpc) is 2.19. The van der Waals surface area contributed by atoms with Crippen LogP contribution in [0.15, 0.2) is 12.2 Å². The highest BCUT2D eigenvalue weighted by Crippen LogP contribution is 2.15. The Morgan fingerprint density at radius 1 is 1.53 bits per heavy atom. The molecule has 5 heteroatoms. The van der Waals surface area contributed by atoms with Crippen molar-refractivity contribution >= 4 is 15.7 Å². The van der Waals surface area contributed by atoms with Crippen LogP contribution < -0.4 is 0 Å². The first-order valence-corrected chi connectivity index (χ1v) is 6.81. The molecule has 1 saturated heterocycles. The average molecular weight is 230 g/mol. The number of nitrogens with zero attached hydrogens (tertiary/aromatic N) is 1. The van der Waals surface area contributed by atoms with Crippen LogP contribution in [0, 0.1) is 5.41 Å². The summed E-state index contributed by atoms with van der Waals surface area (Å²) in [7, 11) is -3.13. The van der Waals surface area contributed by atoms with E-state index in [1.165, 1.54) is 4.31 Å². The van der Waals surface area contributed by atoms with Gasteiger partial charge in [0.25, 0.3) is 0 Å². The molecule has 1 heterocycles. The third-order valence-electron chi connectivity index (χ3n) is 2.55. The van der Waals surface area contributed by atoms with Crippen molar-refractivity contribution in [2.24, 2.45) is 0 Å². The Morgan fingerprint density at radius 3 is 2.73 bits per heavy atom. The van der Waals surface area contributed by atoms with Crippen molar-refractivity contribution in [3.8, 4) is 0 Å². The third-order valence-corrected chi connectivity index (χ3v) is 4.46. The van der Waals surface area contributed by atoms with Crippen LogP contribution in [0.5, 0.6) is 0 Å². The Hall–Kier alpha value is -0.680. The van der Waals surface area contributed by atoms with E-state index in [4.69, 9.17) is 5.41 Å². The fourth-order valence-electron chi connectivity index (χ4n) is 1.49. The van der Waals surface area contributed by atoms with E-state index in [-0.39, 0.29) is 5.75 Å². The van der Waals surface area contributed by atoms with Gasteiger partial charge in [-0.2, -0.15) is 4.31 Å². The van der Waals surface area contributed by atoms with Crippen molar-refractivity contribution in [3.05, 3.63) is 12.2 Å². The lowest BCUT2D eigenvalue weighted by Gasteiger charge is -2.27. The van der Waals surface area contributed by atoms with Gasteiger partial charge in [0.05, 0.1) is 5.75 Å². The number of rotatable bonds is 4. The molecule has 0 aromatic carbocycles. The zero-order valence-electron chi connectivity index (χ0n) is 9.12. The van der Waals surface area contributed by atoms with E-state index >= 15 is 0 Å². The minimum Gasteiger partial charge on any atom is -0.305 e. The number of hydrogen-bond donors (Lipinski definition) is 1. The van der Waals surface area contributed by atoms with Crippen molar-refractivity contribution in [3.63, 3.8) is 0 Å². The minimum absolute atomic E-state index is 0.212. The molecule has 0 atom stereocenters. The molecule has 1 aliphatic rings. The van der Waals surface area contributed by atoms with E-state index in [1.807, 2.05) is 6.92 Å². The predicted octanol–water partition coefficient (Wildman–Crippen LogP) is 1.40. The Bertz CT molecular complexity index is 360. The molecule has 15 heavy (non-hydrogen) atoms. The highest BCUT2D eigenvalue weighted by Gasteiger charge is 2.26. The summed E-state index contributed by atoms with van der Waals surface area (Å²) < 4.78 is 25.1. The van der Waals surface area contributed by atoms with Gasteiger partial charge in [-0.15, -0.1) is 0 Å². The van der Waals surface area contributed by atoms with Gasteiger partial charge in [0.2, 0.25) is 10.0 Å². The summed E-state index contributed by atoms with van der Waals surface area (Å²) in [5.41, 5.74) is 1.11. The van der Waals surface area contributed by atoms with Gasteiger partial charge < -0.3 is 5.41 Å². The fraction of sp³-hybridized carbons (Fsp3) is 0.700. The summed E-state index contributed by atoms with van der Waals surface area (Å²) in [5.74, 6) is 0.212. The summed E-state index contributed by atoms with van der Waals surface area (Å²) in [5, 5.41) is 7.51. The molecule has 86 valence electrons. The first kappa shape index (κ1) is 12.4. The SMILES string of the molecule is C=C1CN(S(=O)(=O)CCCC)CCC1=N. The van der Waals surface area contributed by atoms with Gasteiger partial charge in [-0.05, 0) is 12.0 Å². The zero-order valence-corrected chi connectivity index (χ0v) is 9.94. The molecule has 0 aromatic heterocycles. The summed E-state index contributed by atoms with van der Waals surface area (Å²) in [6.45, 7) is 6.41. The number of piperidine rings is 1. The van der Waals surface area contributed by atoms with Crippen LogP contribution in [0.2, 0.25) is 0 Å². The van der Waals surface area contributed by atoms with E-state index in [1.54, 1.807) is 0 Å². The van der Waals surface area contributed by atoms with Gasteiger partial charge in [-0.1, -0.05) is 19.9 Å². The van der Waals surface area contributed by atoms with Crippen LogP contribution >= 0.6 is 0 Å². The molecule has 0 radical (unpaired) electrons. The van der Waals surface area contributed by atoms with E-state index in [9.17, 15) is 8.42 Å². The third kappa shape index (κ3) is 3.14. The van der Waals surface area contributed by atoms with Crippen LogP contribution in [-0.2, 0) is 10.0 Å². The van der Waals surface area contributed by atoms with Gasteiger partial charge >= 0.3 is 0 Å². The molecule has 0 saturated carbocycles. The van der Waals surface area contributed by atoms with Crippen molar-refractivity contribution < 1.29 is 8.42 Å². The molecule has 0 aliphatic carbocycles. The van der Waals surface area contributed by atoms with E-state index < -0.39 is 10.0 Å². The summed E-state index contributed by atoms with van der Waals surface area (Å²) in [6, 6.07) is 0. The molecule has 0 amide bonds. The monoisotopic (exact) mass is 230 g/mol. The molecule has 1 N–H and O–H groups in total. The van der Waals surface area contributed by atoms with Gasteiger partial charge in [-0.25, -0.2) is 8.42 Å². The second-order valence-electron chi connectivity index (χ2n) is 3.84. The molecular weight excluding hydrogens is 212 g/mol. The normalized spacial score (nSPS) is 19.5. The lowest BCUT2D eigenvalue weighted by molar-refractivity contribution is 0.436. The Kier molecular flexibility index (Phi) is 4.04. The second kappa shape index (κ2) is 4.90. The molecule has 0 unspecified atom stereocenters. The van der Waals surface area contributed by atoms with Crippen LogP contribution in [0.3, 0.4) is 0 Å². The zero-order chi connectivity index (χ0) is 11.5. The standard InChI is InChI=1S/C10H18N2O2S/c1-3-4-7-15(13,14)12-6-5-10(11)9(2)8-12/h11H,2-8H2,1H3. The Morgan fingerprint density at radius 2 is 2.20 bits per heavy atom. The molecule has 0 aromatic rings. The molecule has 0 spiro atoms. The lowest BCUT2D eigenvalue weighted by atomic mass is 10.1. The van der Waals surface area contributed by atoms with Crippen molar-refractivity contribution in [1.82, 2.24) is 4.31 Å². The Labute approximate surface area is 91.5 Å². The van der Waals surface area contributed by atoms with Crippen LogP contribution in [0.4, 0.5) is 0 Å². The van der Waals surface area contributed by atoms with E-state index in [2.05, 4.69) is 6.58 Å². The first-order chi connectivity index (χ1) is 6.97. The topological polar surface area (TPSA) is 61.2 Å². The maximum Gasteiger partial charge on any atom is 0.214 e. The maximum absolute atomic E-state index is 11.8. The van der Waals surface area contributed by atoms with Gasteiger partial charge in [0.15, 0.2) is 0 Å². The molecule has 0 bridgehead atoms. The molecular formula is C10H18N2O2S. The smallest absolute Gasteiger partial charge is 0.214 e. The van der Waals surface area contributed by atoms with Crippen LogP contribution in [-0.4, -0.2) is 37.3 Å². The fourth-order valence-corrected chi connectivity index (χ4v) is 3.13. The van der Waals surface area contributed by atoms with E-state index in [0.29, 0.717) is 37.2 Å². The minimum atomic E-state index is -3.13. The second-order valence-corrected chi connectivity index (χ2v) is 5.92. The molecule has 1 fully saturated rings. The summed E-state index contributed by atoms with van der Waals surface area (Å²) in [4.78, 5) is 0. The van der Waals surface area contributed by atoms with Gasteiger partial charge in [0, 0.05) is 25.2 Å². The summed E-state index contributed by atoms with van der Waals surface area (Å²) >= 11 is 0. The van der Waals surface area contributed by atoms with Gasteiger partial charge in [0.1, 0.15) is 0 Å². The number of unbranched alkanes of at least 4 members (excludes halogenated alkanes) is 1. The van der Waals surface area contributed by atoms with Crippen LogP contribution in [0.1, 0.15) is 26.2 Å². The highest BCUT2D eigenvalue weighted by molar-refractivity contribution is 7.89. The Balaban J connectivity index is 2.65. The predicted molar refractivity (Wildman–Crippen MR) is 61.8 cm³/mol. The number of nitrogens with one attached hydrogen (secondary N) is 1. The molecule has 1 rings (SSSR count). The quantitative estimate of drug-likeness (QED) is 0.793. The molecule has 4 nitrogen and oxygen atoms in total. The number of hydrogen-bond acceptors (Lipinski definition) is 3. The molecule has 1 aliphatic heterocycles. The van der Waals surface area contributed by atoms with Crippen molar-refractivity contribution in [1.29, 1.82) is 5.41 Å². The van der Waals surface area contributed by atoms with Crippen molar-refractivity contribution in [2.75, 3.05) is 18.8 Å². The maximum atomic E-state index is 11.8. The van der Waals surface area contributed by atoms with Gasteiger partial charge in [-0.3, -0.25) is 0 Å². The number of sulfonamides is 1.